The highest BCUT2D eigenvalue weighted by molar-refractivity contribution is 9.10. The van der Waals surface area contributed by atoms with Crippen LogP contribution in [0.2, 0.25) is 0 Å². The summed E-state index contributed by atoms with van der Waals surface area (Å²) in [6, 6.07) is 4.28. The van der Waals surface area contributed by atoms with E-state index in [0.29, 0.717) is 0 Å². The van der Waals surface area contributed by atoms with Crippen LogP contribution in [-0.2, 0) is 11.3 Å². The zero-order valence-corrected chi connectivity index (χ0v) is 12.9. The number of hydrogen-bond acceptors (Lipinski definition) is 3. The van der Waals surface area contributed by atoms with Gasteiger partial charge in [-0.2, -0.15) is 0 Å². The van der Waals surface area contributed by atoms with Crippen LogP contribution in [0.3, 0.4) is 0 Å². The number of carboxylic acid groups (broad SMARTS) is 1. The number of hydrogen-bond donors (Lipinski definition) is 1. The number of carbonyl (C=O) groups is 1. The summed E-state index contributed by atoms with van der Waals surface area (Å²) in [6.45, 7) is 5.59. The van der Waals surface area contributed by atoms with Crippen LogP contribution in [0.25, 0.3) is 0 Å². The topological polar surface area (TPSA) is 43.8 Å². The minimum absolute atomic E-state index is 0.249. The van der Waals surface area contributed by atoms with Crippen LogP contribution in [0.4, 0.5) is 4.39 Å². The van der Waals surface area contributed by atoms with E-state index in [1.165, 1.54) is 12.1 Å². The van der Waals surface area contributed by atoms with Crippen LogP contribution in [0.1, 0.15) is 12.5 Å². The molecule has 1 aromatic rings. The van der Waals surface area contributed by atoms with Crippen molar-refractivity contribution >= 4 is 21.9 Å². The lowest BCUT2D eigenvalue weighted by molar-refractivity contribution is -0.143. The summed E-state index contributed by atoms with van der Waals surface area (Å²) in [5.41, 5.74) is 1.05. The van der Waals surface area contributed by atoms with E-state index in [1.807, 2.05) is 4.90 Å². The lowest BCUT2D eigenvalue weighted by Crippen LogP contribution is -2.51. The van der Waals surface area contributed by atoms with E-state index in [9.17, 15) is 9.18 Å². The third-order valence-corrected chi connectivity index (χ3v) is 4.46. The summed E-state index contributed by atoms with van der Waals surface area (Å²) in [5.74, 6) is -1.03. The molecule has 1 fully saturated rings. The molecule has 0 bridgehead atoms. The average molecular weight is 345 g/mol. The zero-order valence-electron chi connectivity index (χ0n) is 11.4. The van der Waals surface area contributed by atoms with Crippen molar-refractivity contribution in [1.82, 2.24) is 9.80 Å². The quantitative estimate of drug-likeness (QED) is 0.909. The van der Waals surface area contributed by atoms with Crippen LogP contribution < -0.4 is 0 Å². The number of carboxylic acids is 1. The molecule has 4 nitrogen and oxygen atoms in total. The third kappa shape index (κ3) is 3.77. The average Bonchev–Trinajstić information content (AvgIpc) is 2.42. The van der Waals surface area contributed by atoms with Crippen molar-refractivity contribution in [2.75, 3.05) is 26.2 Å². The van der Waals surface area contributed by atoms with Gasteiger partial charge in [0, 0.05) is 37.2 Å². The van der Waals surface area contributed by atoms with Gasteiger partial charge in [-0.25, -0.2) is 4.39 Å². The molecule has 0 radical (unpaired) electrons. The second-order valence-electron chi connectivity index (χ2n) is 5.06. The second-order valence-corrected chi connectivity index (χ2v) is 5.92. The van der Waals surface area contributed by atoms with E-state index in [4.69, 9.17) is 5.11 Å². The van der Waals surface area contributed by atoms with E-state index in [2.05, 4.69) is 20.8 Å². The van der Waals surface area contributed by atoms with Gasteiger partial charge in [0.05, 0.1) is 0 Å². The van der Waals surface area contributed by atoms with Crippen molar-refractivity contribution in [2.24, 2.45) is 0 Å². The Balaban J connectivity index is 1.90. The molecule has 1 aromatic carbocycles. The van der Waals surface area contributed by atoms with E-state index >= 15 is 0 Å². The first-order chi connectivity index (χ1) is 9.47. The molecule has 6 heteroatoms. The number of halogens is 2. The number of piperazine rings is 1. The van der Waals surface area contributed by atoms with Crippen molar-refractivity contribution in [3.05, 3.63) is 34.1 Å². The van der Waals surface area contributed by atoms with Gasteiger partial charge in [-0.05, 0) is 24.6 Å². The van der Waals surface area contributed by atoms with Crippen molar-refractivity contribution in [1.29, 1.82) is 0 Å². The zero-order chi connectivity index (χ0) is 14.7. The van der Waals surface area contributed by atoms with Gasteiger partial charge in [0.1, 0.15) is 11.9 Å². The predicted molar refractivity (Wildman–Crippen MR) is 78.0 cm³/mol. The van der Waals surface area contributed by atoms with Gasteiger partial charge in [-0.15, -0.1) is 0 Å². The van der Waals surface area contributed by atoms with Crippen molar-refractivity contribution in [2.45, 2.75) is 19.5 Å². The van der Waals surface area contributed by atoms with Crippen LogP contribution in [0, 0.1) is 5.82 Å². The Bertz CT molecular complexity index is 490. The van der Waals surface area contributed by atoms with Gasteiger partial charge >= 0.3 is 5.97 Å². The van der Waals surface area contributed by atoms with Crippen molar-refractivity contribution < 1.29 is 14.3 Å². The smallest absolute Gasteiger partial charge is 0.320 e. The Morgan fingerprint density at radius 2 is 2.05 bits per heavy atom. The highest BCUT2D eigenvalue weighted by atomic mass is 79.9. The maximum atomic E-state index is 13.0. The molecule has 1 N–H and O–H groups in total. The molecule has 1 saturated heterocycles. The maximum Gasteiger partial charge on any atom is 0.320 e. The summed E-state index contributed by atoms with van der Waals surface area (Å²) in [7, 11) is 0. The molecule has 1 atom stereocenters. The van der Waals surface area contributed by atoms with E-state index in [1.54, 1.807) is 13.0 Å². The van der Waals surface area contributed by atoms with Crippen molar-refractivity contribution in [3.8, 4) is 0 Å². The second kappa shape index (κ2) is 6.65. The first-order valence-electron chi connectivity index (χ1n) is 6.60. The summed E-state index contributed by atoms with van der Waals surface area (Å²) in [5, 5.41) is 9.00. The Morgan fingerprint density at radius 1 is 1.40 bits per heavy atom. The molecule has 1 aliphatic heterocycles. The molecular weight excluding hydrogens is 327 g/mol. The maximum absolute atomic E-state index is 13.0. The van der Waals surface area contributed by atoms with Gasteiger partial charge in [0.2, 0.25) is 0 Å². The normalized spacial score (nSPS) is 18.9. The number of benzene rings is 1. The van der Waals surface area contributed by atoms with Gasteiger partial charge in [-0.3, -0.25) is 14.6 Å². The van der Waals surface area contributed by atoms with Gasteiger partial charge in [0.15, 0.2) is 0 Å². The summed E-state index contributed by atoms with van der Waals surface area (Å²) in [4.78, 5) is 15.2. The first-order valence-corrected chi connectivity index (χ1v) is 7.40. The minimum atomic E-state index is -0.778. The molecule has 20 heavy (non-hydrogen) atoms. The highest BCUT2D eigenvalue weighted by Crippen LogP contribution is 2.20. The van der Waals surface area contributed by atoms with Crippen molar-refractivity contribution in [3.63, 3.8) is 0 Å². The van der Waals surface area contributed by atoms with Gasteiger partial charge in [-0.1, -0.05) is 22.0 Å². The fourth-order valence-corrected chi connectivity index (χ4v) is 2.83. The van der Waals surface area contributed by atoms with E-state index in [-0.39, 0.29) is 5.82 Å². The molecule has 0 aromatic heterocycles. The number of nitrogens with zero attached hydrogens (tertiary/aromatic N) is 2. The Hall–Kier alpha value is -0.980. The fourth-order valence-electron chi connectivity index (χ4n) is 2.36. The minimum Gasteiger partial charge on any atom is -0.480 e. The molecular formula is C14H18BrFN2O2. The molecule has 0 aliphatic carbocycles. The highest BCUT2D eigenvalue weighted by Gasteiger charge is 2.25. The molecule has 2 rings (SSSR count). The third-order valence-electron chi connectivity index (χ3n) is 3.72. The lowest BCUT2D eigenvalue weighted by atomic mass is 10.1. The molecule has 1 aliphatic rings. The monoisotopic (exact) mass is 344 g/mol. The SMILES string of the molecule is CC(C(=O)O)N1CCN(Cc2ccc(F)cc2Br)CC1. The molecule has 0 spiro atoms. The Kier molecular flexibility index (Phi) is 5.12. The number of aliphatic carboxylic acids is 1. The van der Waals surface area contributed by atoms with Crippen LogP contribution in [-0.4, -0.2) is 53.1 Å². The molecule has 0 saturated carbocycles. The first kappa shape index (κ1) is 15.4. The van der Waals surface area contributed by atoms with E-state index in [0.717, 1.165) is 42.8 Å². The summed E-state index contributed by atoms with van der Waals surface area (Å²) in [6.07, 6.45) is 0. The van der Waals surface area contributed by atoms with Gasteiger partial charge < -0.3 is 5.11 Å². The van der Waals surface area contributed by atoms with E-state index < -0.39 is 12.0 Å². The molecule has 1 unspecified atom stereocenters. The standard InChI is InChI=1S/C14H18BrFN2O2/c1-10(14(19)20)18-6-4-17(5-7-18)9-11-2-3-12(16)8-13(11)15/h2-3,8,10H,4-7,9H2,1H3,(H,19,20). The predicted octanol–water partition coefficient (Wildman–Crippen LogP) is 2.18. The Morgan fingerprint density at radius 3 is 2.60 bits per heavy atom. The summed E-state index contributed by atoms with van der Waals surface area (Å²) >= 11 is 3.37. The van der Waals surface area contributed by atoms with Crippen LogP contribution >= 0.6 is 15.9 Å². The largest absolute Gasteiger partial charge is 0.480 e. The summed E-state index contributed by atoms with van der Waals surface area (Å²) < 4.78 is 13.8. The molecule has 1 heterocycles. The van der Waals surface area contributed by atoms with Crippen LogP contribution in [0.5, 0.6) is 0 Å². The fraction of sp³-hybridized carbons (Fsp3) is 0.500. The molecule has 0 amide bonds. The van der Waals surface area contributed by atoms with Gasteiger partial charge in [0.25, 0.3) is 0 Å². The van der Waals surface area contributed by atoms with Crippen LogP contribution in [0.15, 0.2) is 22.7 Å². The Labute approximate surface area is 126 Å². The lowest BCUT2D eigenvalue weighted by Gasteiger charge is -2.36. The molecule has 110 valence electrons. The number of rotatable bonds is 4.